The van der Waals surface area contributed by atoms with Gasteiger partial charge in [-0.2, -0.15) is 5.10 Å². The summed E-state index contributed by atoms with van der Waals surface area (Å²) in [5.74, 6) is 3.61. The molecule has 1 unspecified atom stereocenters. The second-order valence-electron chi connectivity index (χ2n) is 7.17. The van der Waals surface area contributed by atoms with Gasteiger partial charge in [0.1, 0.15) is 18.1 Å². The molecule has 1 atom stereocenters. The van der Waals surface area contributed by atoms with Crippen molar-refractivity contribution in [2.45, 2.75) is 19.9 Å². The predicted molar refractivity (Wildman–Crippen MR) is 116 cm³/mol. The number of hydrogen-bond donors (Lipinski definition) is 2. The van der Waals surface area contributed by atoms with Crippen LogP contribution in [0.1, 0.15) is 19.2 Å². The van der Waals surface area contributed by atoms with Crippen LogP contribution in [0.25, 0.3) is 11.4 Å². The molecule has 1 aromatic heterocycles. The Labute approximate surface area is 177 Å². The number of hydrogen-bond acceptors (Lipinski definition) is 6. The van der Waals surface area contributed by atoms with Crippen LogP contribution in [0.4, 0.5) is 0 Å². The van der Waals surface area contributed by atoms with Gasteiger partial charge in [-0.25, -0.2) is 9.98 Å². The second kappa shape index (κ2) is 11.5. The van der Waals surface area contributed by atoms with Gasteiger partial charge >= 0.3 is 0 Å². The molecule has 1 aliphatic rings. The first kappa shape index (κ1) is 22.0. The molecule has 30 heavy (non-hydrogen) atoms. The van der Waals surface area contributed by atoms with Gasteiger partial charge in [0, 0.05) is 38.2 Å². The third kappa shape index (κ3) is 6.17. The summed E-state index contributed by atoms with van der Waals surface area (Å²) >= 11 is 0. The Hall–Kier alpha value is -2.65. The van der Waals surface area contributed by atoms with E-state index in [-0.39, 0.29) is 0 Å². The molecule has 0 radical (unpaired) electrons. The molecule has 1 saturated heterocycles. The van der Waals surface area contributed by atoms with E-state index in [0.717, 1.165) is 55.8 Å². The van der Waals surface area contributed by atoms with Gasteiger partial charge in [0.15, 0.2) is 11.8 Å². The van der Waals surface area contributed by atoms with Crippen molar-refractivity contribution >= 4 is 5.96 Å². The molecule has 0 saturated carbocycles. The SMILES string of the molecule is CCNC(=NCc1nc(-c2ccc(OC)cc2)n[nH]1)N1CCC(COCCOC)C1. The van der Waals surface area contributed by atoms with E-state index in [4.69, 9.17) is 19.2 Å². The molecule has 1 aliphatic heterocycles. The van der Waals surface area contributed by atoms with Crippen LogP contribution in [-0.2, 0) is 16.0 Å². The van der Waals surface area contributed by atoms with Crippen LogP contribution < -0.4 is 10.1 Å². The summed E-state index contributed by atoms with van der Waals surface area (Å²) < 4.78 is 15.9. The largest absolute Gasteiger partial charge is 0.497 e. The molecule has 0 amide bonds. The Balaban J connectivity index is 1.56. The zero-order valence-electron chi connectivity index (χ0n) is 18.1. The van der Waals surface area contributed by atoms with Crippen LogP contribution in [-0.4, -0.2) is 79.7 Å². The monoisotopic (exact) mass is 416 g/mol. The van der Waals surface area contributed by atoms with E-state index in [2.05, 4.69) is 32.3 Å². The van der Waals surface area contributed by atoms with Gasteiger partial charge in [0.25, 0.3) is 0 Å². The molecular weight excluding hydrogens is 384 g/mol. The molecule has 9 nitrogen and oxygen atoms in total. The summed E-state index contributed by atoms with van der Waals surface area (Å²) in [4.78, 5) is 11.6. The minimum atomic E-state index is 0.441. The van der Waals surface area contributed by atoms with E-state index in [1.165, 1.54) is 0 Å². The number of aromatic amines is 1. The Morgan fingerprint density at radius 3 is 2.83 bits per heavy atom. The maximum Gasteiger partial charge on any atom is 0.194 e. The lowest BCUT2D eigenvalue weighted by Gasteiger charge is -2.21. The number of aliphatic imine (C=N–C) groups is 1. The number of H-pyrrole nitrogens is 1. The lowest BCUT2D eigenvalue weighted by molar-refractivity contribution is 0.0536. The number of guanidine groups is 1. The number of ether oxygens (including phenoxy) is 3. The molecule has 2 N–H and O–H groups in total. The predicted octanol–water partition coefficient (Wildman–Crippen LogP) is 1.93. The van der Waals surface area contributed by atoms with Crippen molar-refractivity contribution in [3.8, 4) is 17.1 Å². The third-order valence-electron chi connectivity index (χ3n) is 4.96. The summed E-state index contributed by atoms with van der Waals surface area (Å²) in [6.45, 7) is 7.28. The fourth-order valence-corrected chi connectivity index (χ4v) is 3.36. The first-order valence-electron chi connectivity index (χ1n) is 10.4. The van der Waals surface area contributed by atoms with Gasteiger partial charge in [-0.3, -0.25) is 5.10 Å². The highest BCUT2D eigenvalue weighted by Gasteiger charge is 2.25. The standard InChI is InChI=1S/C21H32N6O3/c1-4-22-21(27-10-9-16(14-27)15-30-12-11-28-2)23-13-19-24-20(26-25-19)17-5-7-18(29-3)8-6-17/h5-8,16H,4,9-15H2,1-3H3,(H,22,23)(H,24,25,26). The van der Waals surface area contributed by atoms with E-state index >= 15 is 0 Å². The lowest BCUT2D eigenvalue weighted by atomic mass is 10.1. The Morgan fingerprint density at radius 1 is 1.27 bits per heavy atom. The minimum Gasteiger partial charge on any atom is -0.497 e. The fraction of sp³-hybridized carbons (Fsp3) is 0.571. The van der Waals surface area contributed by atoms with E-state index < -0.39 is 0 Å². The number of methoxy groups -OCH3 is 2. The van der Waals surface area contributed by atoms with Crippen molar-refractivity contribution in [3.05, 3.63) is 30.1 Å². The van der Waals surface area contributed by atoms with Gasteiger partial charge in [-0.15, -0.1) is 0 Å². The molecule has 0 bridgehead atoms. The molecule has 2 heterocycles. The maximum atomic E-state index is 5.69. The molecule has 0 aliphatic carbocycles. The Bertz CT molecular complexity index is 792. The van der Waals surface area contributed by atoms with E-state index in [0.29, 0.717) is 31.5 Å². The number of benzene rings is 1. The van der Waals surface area contributed by atoms with Gasteiger partial charge in [0.05, 0.1) is 26.9 Å². The molecule has 3 rings (SSSR count). The topological polar surface area (TPSA) is 96.9 Å². The molecule has 1 fully saturated rings. The summed E-state index contributed by atoms with van der Waals surface area (Å²) in [6.07, 6.45) is 1.10. The normalized spacial score (nSPS) is 16.8. The van der Waals surface area contributed by atoms with E-state index in [1.807, 2.05) is 24.3 Å². The summed E-state index contributed by atoms with van der Waals surface area (Å²) in [6, 6.07) is 7.68. The number of nitrogens with one attached hydrogen (secondary N) is 2. The highest BCUT2D eigenvalue weighted by molar-refractivity contribution is 5.80. The van der Waals surface area contributed by atoms with Crippen molar-refractivity contribution in [2.24, 2.45) is 10.9 Å². The summed E-state index contributed by atoms with van der Waals surface area (Å²) in [5, 5.41) is 10.7. The van der Waals surface area contributed by atoms with Crippen molar-refractivity contribution in [1.82, 2.24) is 25.4 Å². The van der Waals surface area contributed by atoms with Crippen LogP contribution in [0.5, 0.6) is 5.75 Å². The van der Waals surface area contributed by atoms with Gasteiger partial charge in [-0.1, -0.05) is 0 Å². The maximum absolute atomic E-state index is 5.69. The first-order chi connectivity index (χ1) is 14.7. The van der Waals surface area contributed by atoms with Crippen LogP contribution in [0.15, 0.2) is 29.3 Å². The van der Waals surface area contributed by atoms with Crippen molar-refractivity contribution in [1.29, 1.82) is 0 Å². The van der Waals surface area contributed by atoms with Gasteiger partial charge in [0.2, 0.25) is 0 Å². The molecule has 0 spiro atoms. The Morgan fingerprint density at radius 2 is 2.10 bits per heavy atom. The average molecular weight is 417 g/mol. The van der Waals surface area contributed by atoms with Crippen LogP contribution >= 0.6 is 0 Å². The molecular formula is C21H32N6O3. The van der Waals surface area contributed by atoms with E-state index in [1.54, 1.807) is 14.2 Å². The summed E-state index contributed by atoms with van der Waals surface area (Å²) in [5.41, 5.74) is 0.935. The summed E-state index contributed by atoms with van der Waals surface area (Å²) in [7, 11) is 3.34. The Kier molecular flexibility index (Phi) is 8.46. The third-order valence-corrected chi connectivity index (χ3v) is 4.96. The highest BCUT2D eigenvalue weighted by Crippen LogP contribution is 2.19. The average Bonchev–Trinajstić information content (AvgIpc) is 3.44. The molecule has 9 heteroatoms. The second-order valence-corrected chi connectivity index (χ2v) is 7.17. The number of rotatable bonds is 10. The van der Waals surface area contributed by atoms with Crippen molar-refractivity contribution < 1.29 is 14.2 Å². The fourth-order valence-electron chi connectivity index (χ4n) is 3.36. The quantitative estimate of drug-likeness (QED) is 0.347. The zero-order chi connectivity index (χ0) is 21.2. The number of nitrogens with zero attached hydrogens (tertiary/aromatic N) is 4. The van der Waals surface area contributed by atoms with E-state index in [9.17, 15) is 0 Å². The van der Waals surface area contributed by atoms with Gasteiger partial charge in [-0.05, 0) is 37.6 Å². The van der Waals surface area contributed by atoms with Crippen LogP contribution in [0.2, 0.25) is 0 Å². The van der Waals surface area contributed by atoms with Crippen LogP contribution in [0.3, 0.4) is 0 Å². The van der Waals surface area contributed by atoms with Crippen molar-refractivity contribution in [2.75, 3.05) is 53.7 Å². The minimum absolute atomic E-state index is 0.441. The lowest BCUT2D eigenvalue weighted by Crippen LogP contribution is -2.40. The zero-order valence-corrected chi connectivity index (χ0v) is 18.1. The molecule has 1 aromatic carbocycles. The molecule has 164 valence electrons. The smallest absolute Gasteiger partial charge is 0.194 e. The molecule has 2 aromatic rings. The van der Waals surface area contributed by atoms with Crippen LogP contribution in [0, 0.1) is 5.92 Å². The first-order valence-corrected chi connectivity index (χ1v) is 10.4. The van der Waals surface area contributed by atoms with Crippen molar-refractivity contribution in [3.63, 3.8) is 0 Å². The van der Waals surface area contributed by atoms with Gasteiger partial charge < -0.3 is 24.4 Å². The number of aromatic nitrogens is 3. The highest BCUT2D eigenvalue weighted by atomic mass is 16.5. The number of likely N-dealkylation sites (tertiary alicyclic amines) is 1.